The number of carboxylic acids is 1. The van der Waals surface area contributed by atoms with Gasteiger partial charge in [-0.15, -0.1) is 10.2 Å². The van der Waals surface area contributed by atoms with Gasteiger partial charge in [0, 0.05) is 13.1 Å². The Hall–Kier alpha value is -0.820. The summed E-state index contributed by atoms with van der Waals surface area (Å²) < 4.78 is 0.734. The molecule has 0 bridgehead atoms. The summed E-state index contributed by atoms with van der Waals surface area (Å²) in [4.78, 5) is 12.7. The van der Waals surface area contributed by atoms with Crippen molar-refractivity contribution in [2.24, 2.45) is 5.41 Å². The van der Waals surface area contributed by atoms with Crippen LogP contribution in [-0.4, -0.2) is 40.1 Å². The zero-order chi connectivity index (χ0) is 13.2. The van der Waals surface area contributed by atoms with E-state index in [1.54, 1.807) is 0 Å². The van der Waals surface area contributed by atoms with Crippen LogP contribution in [-0.2, 0) is 4.79 Å². The smallest absolute Gasteiger partial charge is 0.313 e. The van der Waals surface area contributed by atoms with Crippen LogP contribution in [0.5, 0.6) is 0 Å². The first-order valence-electron chi connectivity index (χ1n) is 5.89. The number of anilines is 1. The van der Waals surface area contributed by atoms with E-state index in [0.717, 1.165) is 35.4 Å². The van der Waals surface area contributed by atoms with Crippen LogP contribution in [0.15, 0.2) is 4.34 Å². The van der Waals surface area contributed by atoms with E-state index in [-0.39, 0.29) is 5.75 Å². The van der Waals surface area contributed by atoms with Crippen LogP contribution in [0, 0.1) is 5.41 Å². The molecule has 0 saturated carbocycles. The summed E-state index contributed by atoms with van der Waals surface area (Å²) in [5.41, 5.74) is 0.419. The van der Waals surface area contributed by atoms with Crippen molar-refractivity contribution in [1.29, 1.82) is 0 Å². The van der Waals surface area contributed by atoms with E-state index in [0.29, 0.717) is 5.41 Å². The van der Waals surface area contributed by atoms with Gasteiger partial charge in [-0.1, -0.05) is 36.9 Å². The Morgan fingerprint density at radius 2 is 2.11 bits per heavy atom. The van der Waals surface area contributed by atoms with Gasteiger partial charge in [-0.3, -0.25) is 4.79 Å². The first kappa shape index (κ1) is 13.6. The van der Waals surface area contributed by atoms with E-state index < -0.39 is 5.97 Å². The van der Waals surface area contributed by atoms with E-state index in [1.807, 2.05) is 0 Å². The van der Waals surface area contributed by atoms with E-state index in [1.165, 1.54) is 23.1 Å². The van der Waals surface area contributed by atoms with Gasteiger partial charge in [0.15, 0.2) is 4.34 Å². The van der Waals surface area contributed by atoms with Crippen LogP contribution in [0.1, 0.15) is 26.7 Å². The molecule has 100 valence electrons. The first-order valence-corrected chi connectivity index (χ1v) is 7.69. The van der Waals surface area contributed by atoms with Crippen molar-refractivity contribution < 1.29 is 9.90 Å². The molecule has 1 saturated heterocycles. The number of rotatable bonds is 4. The van der Waals surface area contributed by atoms with Crippen molar-refractivity contribution >= 4 is 34.2 Å². The van der Waals surface area contributed by atoms with Gasteiger partial charge in [-0.25, -0.2) is 0 Å². The highest BCUT2D eigenvalue weighted by Gasteiger charge is 2.27. The number of hydrogen-bond acceptors (Lipinski definition) is 6. The van der Waals surface area contributed by atoms with Crippen LogP contribution < -0.4 is 4.90 Å². The SMILES string of the molecule is CC1(C)CCN(c2nnc(SCC(=O)O)s2)CC1. The number of carbonyl (C=O) groups is 1. The van der Waals surface area contributed by atoms with Crippen LogP contribution in [0.25, 0.3) is 0 Å². The van der Waals surface area contributed by atoms with Crippen LogP contribution in [0.4, 0.5) is 5.13 Å². The number of carboxylic acid groups (broad SMARTS) is 1. The molecule has 2 rings (SSSR count). The second kappa shape index (κ2) is 5.44. The van der Waals surface area contributed by atoms with Gasteiger partial charge in [0.25, 0.3) is 0 Å². The second-order valence-corrected chi connectivity index (χ2v) is 7.36. The lowest BCUT2D eigenvalue weighted by molar-refractivity contribution is -0.133. The van der Waals surface area contributed by atoms with Gasteiger partial charge >= 0.3 is 5.97 Å². The third-order valence-electron chi connectivity index (χ3n) is 3.10. The van der Waals surface area contributed by atoms with Gasteiger partial charge < -0.3 is 10.0 Å². The number of aliphatic carboxylic acids is 1. The largest absolute Gasteiger partial charge is 0.481 e. The predicted molar refractivity (Wildman–Crippen MR) is 73.5 cm³/mol. The molecule has 0 aromatic carbocycles. The molecule has 18 heavy (non-hydrogen) atoms. The zero-order valence-corrected chi connectivity index (χ0v) is 12.2. The monoisotopic (exact) mass is 287 g/mol. The summed E-state index contributed by atoms with van der Waals surface area (Å²) in [5.74, 6) is -0.779. The third kappa shape index (κ3) is 3.58. The molecule has 5 nitrogen and oxygen atoms in total. The topological polar surface area (TPSA) is 66.3 Å². The quantitative estimate of drug-likeness (QED) is 0.857. The predicted octanol–water partition coefficient (Wildman–Crippen LogP) is 2.34. The molecule has 1 N–H and O–H groups in total. The van der Waals surface area contributed by atoms with Crippen LogP contribution >= 0.6 is 23.1 Å². The lowest BCUT2D eigenvalue weighted by atomic mass is 9.83. The van der Waals surface area contributed by atoms with Crippen molar-refractivity contribution in [2.75, 3.05) is 23.7 Å². The highest BCUT2D eigenvalue weighted by molar-refractivity contribution is 8.01. The Kier molecular flexibility index (Phi) is 4.11. The number of piperidine rings is 1. The molecule has 0 atom stereocenters. The molecule has 1 aromatic rings. The molecule has 2 heterocycles. The molecule has 0 amide bonds. The summed E-state index contributed by atoms with van der Waals surface area (Å²) in [6, 6.07) is 0. The molecule has 1 fully saturated rings. The van der Waals surface area contributed by atoms with Crippen molar-refractivity contribution in [3.05, 3.63) is 0 Å². The average Bonchev–Trinajstić information content (AvgIpc) is 2.75. The van der Waals surface area contributed by atoms with Gasteiger partial charge in [0.1, 0.15) is 0 Å². The molecule has 1 aliphatic heterocycles. The summed E-state index contributed by atoms with van der Waals surface area (Å²) in [6.07, 6.45) is 2.31. The lowest BCUT2D eigenvalue weighted by Crippen LogP contribution is -2.37. The van der Waals surface area contributed by atoms with Gasteiger partial charge in [0.05, 0.1) is 5.75 Å². The van der Waals surface area contributed by atoms with Crippen molar-refractivity contribution in [1.82, 2.24) is 10.2 Å². The van der Waals surface area contributed by atoms with Gasteiger partial charge in [0.2, 0.25) is 5.13 Å². The third-order valence-corrected chi connectivity index (χ3v) is 5.20. The molecular weight excluding hydrogens is 270 g/mol. The van der Waals surface area contributed by atoms with Crippen molar-refractivity contribution in [2.45, 2.75) is 31.0 Å². The summed E-state index contributed by atoms with van der Waals surface area (Å²) in [6.45, 7) is 6.59. The first-order chi connectivity index (χ1) is 8.46. The minimum absolute atomic E-state index is 0.0433. The van der Waals surface area contributed by atoms with E-state index in [9.17, 15) is 4.79 Å². The van der Waals surface area contributed by atoms with Gasteiger partial charge in [-0.2, -0.15) is 0 Å². The maximum atomic E-state index is 10.5. The maximum Gasteiger partial charge on any atom is 0.313 e. The molecule has 1 aromatic heterocycles. The standard InChI is InChI=1S/C11H17N3O2S2/c1-11(2)3-5-14(6-4-11)9-12-13-10(18-9)17-7-8(15)16/h3-7H2,1-2H3,(H,15,16). The normalized spacial score (nSPS) is 18.9. The molecule has 0 unspecified atom stereocenters. The Morgan fingerprint density at radius 1 is 1.44 bits per heavy atom. The maximum absolute atomic E-state index is 10.5. The molecule has 0 radical (unpaired) electrons. The molecule has 7 heteroatoms. The highest BCUT2D eigenvalue weighted by Crippen LogP contribution is 2.34. The van der Waals surface area contributed by atoms with E-state index >= 15 is 0 Å². The average molecular weight is 287 g/mol. The Bertz CT molecular complexity index is 424. The summed E-state index contributed by atoms with van der Waals surface area (Å²) in [7, 11) is 0. The lowest BCUT2D eigenvalue weighted by Gasteiger charge is -2.36. The fraction of sp³-hybridized carbons (Fsp3) is 0.727. The van der Waals surface area contributed by atoms with Crippen molar-refractivity contribution in [3.63, 3.8) is 0 Å². The van der Waals surface area contributed by atoms with E-state index in [2.05, 4.69) is 28.9 Å². The molecule has 0 aliphatic carbocycles. The number of aromatic nitrogens is 2. The summed E-state index contributed by atoms with van der Waals surface area (Å²) in [5, 5.41) is 17.7. The Morgan fingerprint density at radius 3 is 2.72 bits per heavy atom. The number of hydrogen-bond donors (Lipinski definition) is 1. The minimum Gasteiger partial charge on any atom is -0.481 e. The zero-order valence-electron chi connectivity index (χ0n) is 10.5. The Labute approximate surface area is 115 Å². The highest BCUT2D eigenvalue weighted by atomic mass is 32.2. The Balaban J connectivity index is 1.92. The fourth-order valence-electron chi connectivity index (χ4n) is 1.82. The van der Waals surface area contributed by atoms with Crippen molar-refractivity contribution in [3.8, 4) is 0 Å². The van der Waals surface area contributed by atoms with Gasteiger partial charge in [-0.05, 0) is 18.3 Å². The van der Waals surface area contributed by atoms with E-state index in [4.69, 9.17) is 5.11 Å². The molecule has 0 spiro atoms. The summed E-state index contributed by atoms with van der Waals surface area (Å²) >= 11 is 2.72. The number of nitrogens with zero attached hydrogens (tertiary/aromatic N) is 3. The number of thioether (sulfide) groups is 1. The second-order valence-electron chi connectivity index (χ2n) is 5.18. The molecule has 1 aliphatic rings. The van der Waals surface area contributed by atoms with Crippen LogP contribution in [0.3, 0.4) is 0 Å². The minimum atomic E-state index is -0.823. The molecular formula is C11H17N3O2S2. The fourth-order valence-corrected chi connectivity index (χ4v) is 3.43. The van der Waals surface area contributed by atoms with Crippen LogP contribution in [0.2, 0.25) is 0 Å².